The van der Waals surface area contributed by atoms with Crippen molar-refractivity contribution in [2.45, 2.75) is 52.0 Å². The number of carbonyl (C=O) groups excluding carboxylic acids is 1. The van der Waals surface area contributed by atoms with Crippen molar-refractivity contribution in [3.8, 4) is 5.75 Å². The number of piperidine rings is 1. The highest BCUT2D eigenvalue weighted by Gasteiger charge is 2.22. The average Bonchev–Trinajstić information content (AvgIpc) is 3.16. The molecule has 1 aromatic carbocycles. The largest absolute Gasteiger partial charge is 0.495 e. The van der Waals surface area contributed by atoms with Gasteiger partial charge < -0.3 is 10.1 Å². The Morgan fingerprint density at radius 3 is 3.00 bits per heavy atom. The summed E-state index contributed by atoms with van der Waals surface area (Å²) in [5.74, 6) is 1.64. The van der Waals surface area contributed by atoms with E-state index < -0.39 is 0 Å². The zero-order valence-corrected chi connectivity index (χ0v) is 19.0. The quantitative estimate of drug-likeness (QED) is 0.589. The zero-order chi connectivity index (χ0) is 20.8. The number of hydrogen-bond acceptors (Lipinski definition) is 5. The lowest BCUT2D eigenvalue weighted by Crippen LogP contribution is -2.35. The lowest BCUT2D eigenvalue weighted by atomic mass is 9.93. The summed E-state index contributed by atoms with van der Waals surface area (Å²) in [5, 5.41) is 6.88. The van der Waals surface area contributed by atoms with Crippen LogP contribution in [0.1, 0.15) is 56.2 Å². The smallest absolute Gasteiger partial charge is 0.224 e. The fourth-order valence-corrected chi connectivity index (χ4v) is 4.88. The number of aromatic nitrogens is 1. The van der Waals surface area contributed by atoms with Gasteiger partial charge in [-0.05, 0) is 55.8 Å². The minimum absolute atomic E-state index is 0.00388. The van der Waals surface area contributed by atoms with Crippen LogP contribution in [-0.4, -0.2) is 36.0 Å². The molecule has 1 aliphatic rings. The molecule has 7 heteroatoms. The monoisotopic (exact) mass is 435 g/mol. The van der Waals surface area contributed by atoms with Gasteiger partial charge in [0.15, 0.2) is 0 Å². The molecule has 1 amide bonds. The van der Waals surface area contributed by atoms with E-state index in [1.807, 2.05) is 0 Å². The Balaban J connectivity index is 1.47. The van der Waals surface area contributed by atoms with Crippen molar-refractivity contribution in [2.75, 3.05) is 25.5 Å². The Kier molecular flexibility index (Phi) is 7.92. The summed E-state index contributed by atoms with van der Waals surface area (Å²) in [7, 11) is 1.59. The molecule has 1 aromatic heterocycles. The van der Waals surface area contributed by atoms with E-state index in [9.17, 15) is 4.79 Å². The molecule has 1 N–H and O–H groups in total. The van der Waals surface area contributed by atoms with Gasteiger partial charge >= 0.3 is 0 Å². The summed E-state index contributed by atoms with van der Waals surface area (Å²) in [4.78, 5) is 19.7. The Morgan fingerprint density at radius 2 is 2.28 bits per heavy atom. The first kappa shape index (κ1) is 22.1. The number of benzene rings is 1. The van der Waals surface area contributed by atoms with Gasteiger partial charge in [-0.3, -0.25) is 9.69 Å². The summed E-state index contributed by atoms with van der Waals surface area (Å²) in [6.45, 7) is 7.42. The van der Waals surface area contributed by atoms with E-state index in [1.54, 1.807) is 36.6 Å². The molecule has 5 nitrogen and oxygen atoms in total. The normalized spacial score (nSPS) is 17.5. The van der Waals surface area contributed by atoms with E-state index in [-0.39, 0.29) is 5.91 Å². The Morgan fingerprint density at radius 1 is 1.45 bits per heavy atom. The topological polar surface area (TPSA) is 54.5 Å². The minimum Gasteiger partial charge on any atom is -0.495 e. The highest BCUT2D eigenvalue weighted by Crippen LogP contribution is 2.29. The van der Waals surface area contributed by atoms with Gasteiger partial charge in [-0.25, -0.2) is 4.98 Å². The molecular formula is C22H30ClN3O2S. The van der Waals surface area contributed by atoms with Gasteiger partial charge in [0.05, 0.1) is 25.0 Å². The number of anilines is 1. The van der Waals surface area contributed by atoms with Crippen LogP contribution in [0, 0.1) is 5.92 Å². The van der Waals surface area contributed by atoms with Gasteiger partial charge in [0.1, 0.15) is 10.8 Å². The Hall–Kier alpha value is -1.63. The molecule has 0 unspecified atom stereocenters. The second kappa shape index (κ2) is 10.4. The predicted octanol–water partition coefficient (Wildman–Crippen LogP) is 5.56. The number of rotatable bonds is 8. The summed E-state index contributed by atoms with van der Waals surface area (Å²) < 4.78 is 5.30. The van der Waals surface area contributed by atoms with Crippen molar-refractivity contribution < 1.29 is 9.53 Å². The Bertz CT molecular complexity index is 824. The van der Waals surface area contributed by atoms with Crippen LogP contribution in [0.15, 0.2) is 23.6 Å². The SMILES string of the molecule is COc1ccc(Cl)cc1NC(=O)CC[C@@H]1CCCN(Cc2nc(C(C)C)cs2)C1. The average molecular weight is 436 g/mol. The second-order valence-corrected chi connectivity index (χ2v) is 9.37. The standard InChI is InChI=1S/C22H30ClN3O2S/c1-15(2)19-14-29-22(25-19)13-26-10-4-5-16(12-26)6-9-21(27)24-18-11-17(23)7-8-20(18)28-3/h7-8,11,14-16H,4-6,9-10,12-13H2,1-3H3,(H,24,27)/t16-/m0/s1. The van der Waals surface area contributed by atoms with Crippen LogP contribution in [0.25, 0.3) is 0 Å². The van der Waals surface area contributed by atoms with E-state index in [1.165, 1.54) is 23.5 Å². The minimum atomic E-state index is 0.00388. The van der Waals surface area contributed by atoms with Gasteiger partial charge in [-0.15, -0.1) is 11.3 Å². The molecule has 3 rings (SSSR count). The number of methoxy groups -OCH3 is 1. The number of carbonyl (C=O) groups is 1. The molecule has 29 heavy (non-hydrogen) atoms. The van der Waals surface area contributed by atoms with Crippen molar-refractivity contribution in [3.05, 3.63) is 39.3 Å². The number of hydrogen-bond donors (Lipinski definition) is 1. The van der Waals surface area contributed by atoms with Crippen LogP contribution in [0.3, 0.4) is 0 Å². The molecule has 0 saturated carbocycles. The van der Waals surface area contributed by atoms with E-state index in [4.69, 9.17) is 21.3 Å². The van der Waals surface area contributed by atoms with Crippen molar-refractivity contribution in [2.24, 2.45) is 5.92 Å². The van der Waals surface area contributed by atoms with Gasteiger partial charge in [-0.2, -0.15) is 0 Å². The molecule has 0 aliphatic carbocycles. The number of likely N-dealkylation sites (tertiary alicyclic amines) is 1. The summed E-state index contributed by atoms with van der Waals surface area (Å²) >= 11 is 7.80. The molecule has 0 radical (unpaired) electrons. The first-order valence-corrected chi connectivity index (χ1v) is 11.5. The summed E-state index contributed by atoms with van der Waals surface area (Å²) in [5.41, 5.74) is 1.81. The van der Waals surface area contributed by atoms with E-state index in [0.29, 0.717) is 34.7 Å². The molecule has 0 spiro atoms. The van der Waals surface area contributed by atoms with Crippen molar-refractivity contribution in [1.29, 1.82) is 0 Å². The van der Waals surface area contributed by atoms with Crippen molar-refractivity contribution >= 4 is 34.5 Å². The Labute approximate surface area is 182 Å². The van der Waals surface area contributed by atoms with Crippen LogP contribution in [0.4, 0.5) is 5.69 Å². The highest BCUT2D eigenvalue weighted by atomic mass is 35.5. The molecule has 1 fully saturated rings. The fraction of sp³-hybridized carbons (Fsp3) is 0.545. The maximum atomic E-state index is 12.4. The van der Waals surface area contributed by atoms with Crippen LogP contribution in [0.2, 0.25) is 5.02 Å². The molecule has 2 heterocycles. The van der Waals surface area contributed by atoms with E-state index in [0.717, 1.165) is 26.1 Å². The number of amides is 1. The summed E-state index contributed by atoms with van der Waals surface area (Å²) in [6, 6.07) is 5.24. The van der Waals surface area contributed by atoms with Crippen LogP contribution >= 0.6 is 22.9 Å². The van der Waals surface area contributed by atoms with Crippen molar-refractivity contribution in [3.63, 3.8) is 0 Å². The molecule has 0 bridgehead atoms. The third-order valence-corrected chi connectivity index (χ3v) is 6.43. The van der Waals surface area contributed by atoms with Gasteiger partial charge in [0.2, 0.25) is 5.91 Å². The lowest BCUT2D eigenvalue weighted by molar-refractivity contribution is -0.116. The number of ether oxygens (including phenoxy) is 1. The van der Waals surface area contributed by atoms with Gasteiger partial charge in [-0.1, -0.05) is 25.4 Å². The molecule has 1 saturated heterocycles. The van der Waals surface area contributed by atoms with E-state index >= 15 is 0 Å². The highest BCUT2D eigenvalue weighted by molar-refractivity contribution is 7.09. The third kappa shape index (κ3) is 6.43. The predicted molar refractivity (Wildman–Crippen MR) is 120 cm³/mol. The first-order valence-electron chi connectivity index (χ1n) is 10.2. The van der Waals surface area contributed by atoms with Gasteiger partial charge in [0.25, 0.3) is 0 Å². The van der Waals surface area contributed by atoms with Crippen molar-refractivity contribution in [1.82, 2.24) is 9.88 Å². The van der Waals surface area contributed by atoms with E-state index in [2.05, 4.69) is 29.4 Å². The maximum absolute atomic E-state index is 12.4. The number of nitrogens with one attached hydrogen (secondary N) is 1. The molecule has 2 aromatic rings. The molecular weight excluding hydrogens is 406 g/mol. The number of thiazole rings is 1. The molecule has 1 aliphatic heterocycles. The third-order valence-electron chi connectivity index (χ3n) is 5.34. The number of nitrogens with zero attached hydrogens (tertiary/aromatic N) is 2. The molecule has 158 valence electrons. The van der Waals surface area contributed by atoms with Crippen LogP contribution in [-0.2, 0) is 11.3 Å². The van der Waals surface area contributed by atoms with Gasteiger partial charge in [0, 0.05) is 23.4 Å². The van der Waals surface area contributed by atoms with Crippen LogP contribution in [0.5, 0.6) is 5.75 Å². The lowest BCUT2D eigenvalue weighted by Gasteiger charge is -2.32. The summed E-state index contributed by atoms with van der Waals surface area (Å²) in [6.07, 6.45) is 3.75. The number of halogens is 1. The molecule has 1 atom stereocenters. The van der Waals surface area contributed by atoms with Crippen LogP contribution < -0.4 is 10.1 Å². The second-order valence-electron chi connectivity index (χ2n) is 8.00. The zero-order valence-electron chi connectivity index (χ0n) is 17.4. The first-order chi connectivity index (χ1) is 13.9. The fourth-order valence-electron chi connectivity index (χ4n) is 3.71. The maximum Gasteiger partial charge on any atom is 0.224 e.